The molecule has 2 atom stereocenters. The van der Waals surface area contributed by atoms with Gasteiger partial charge in [0.25, 0.3) is 10.0 Å². The zero-order valence-electron chi connectivity index (χ0n) is 13.4. The summed E-state index contributed by atoms with van der Waals surface area (Å²) in [7, 11) is -3.63. The number of hydrogen-bond acceptors (Lipinski definition) is 5. The van der Waals surface area contributed by atoms with Crippen LogP contribution in [0.15, 0.2) is 35.4 Å². The lowest BCUT2D eigenvalue weighted by molar-refractivity contribution is -0.0441. The molecule has 0 amide bonds. The van der Waals surface area contributed by atoms with Crippen molar-refractivity contribution in [2.75, 3.05) is 13.1 Å². The molecule has 5 nitrogen and oxygen atoms in total. The molecule has 1 aliphatic rings. The Hall–Kier alpha value is -1.28. The van der Waals surface area contributed by atoms with Crippen LogP contribution in [-0.4, -0.2) is 43.0 Å². The van der Waals surface area contributed by atoms with Gasteiger partial charge in [0.2, 0.25) is 0 Å². The normalized spacial score (nSPS) is 23.1. The summed E-state index contributed by atoms with van der Waals surface area (Å²) in [6.07, 6.45) is -0.234. The molecule has 23 heavy (non-hydrogen) atoms. The van der Waals surface area contributed by atoms with Crippen molar-refractivity contribution in [2.45, 2.75) is 38.0 Å². The Balaban J connectivity index is 2.04. The monoisotopic (exact) mass is 352 g/mol. The number of aromatic nitrogens is 1. The first-order valence-electron chi connectivity index (χ1n) is 7.56. The molecular formula is C16H20N2O3S2. The zero-order chi connectivity index (χ0) is 16.6. The fourth-order valence-electron chi connectivity index (χ4n) is 2.80. The van der Waals surface area contributed by atoms with Gasteiger partial charge in [-0.3, -0.25) is 0 Å². The van der Waals surface area contributed by atoms with E-state index in [0.717, 1.165) is 10.6 Å². The number of hydrogen-bond donors (Lipinski definition) is 0. The van der Waals surface area contributed by atoms with Crippen LogP contribution in [-0.2, 0) is 14.8 Å². The van der Waals surface area contributed by atoms with Gasteiger partial charge in [-0.25, -0.2) is 13.4 Å². The summed E-state index contributed by atoms with van der Waals surface area (Å²) in [6, 6.07) is 9.54. The molecule has 1 aromatic heterocycles. The zero-order valence-corrected chi connectivity index (χ0v) is 15.0. The van der Waals surface area contributed by atoms with Crippen molar-refractivity contribution in [3.63, 3.8) is 0 Å². The first-order valence-corrected chi connectivity index (χ1v) is 9.82. The van der Waals surface area contributed by atoms with E-state index in [4.69, 9.17) is 4.74 Å². The second kappa shape index (κ2) is 6.32. The number of nitrogens with zero attached hydrogens (tertiary/aromatic N) is 2. The SMILES string of the molecule is Cc1nc(S(=O)(=O)N2C[C@@H](C)O[C@@H](C)C2)c(-c2ccccc2)s1. The summed E-state index contributed by atoms with van der Waals surface area (Å²) in [4.78, 5) is 5.04. The van der Waals surface area contributed by atoms with Gasteiger partial charge in [0.15, 0.2) is 5.03 Å². The third-order valence-electron chi connectivity index (χ3n) is 3.71. The van der Waals surface area contributed by atoms with Crippen LogP contribution in [0.1, 0.15) is 18.9 Å². The molecule has 2 aromatic rings. The predicted molar refractivity (Wildman–Crippen MR) is 91.1 cm³/mol. The van der Waals surface area contributed by atoms with E-state index < -0.39 is 10.0 Å². The van der Waals surface area contributed by atoms with Crippen LogP contribution in [0.25, 0.3) is 10.4 Å². The van der Waals surface area contributed by atoms with E-state index in [1.165, 1.54) is 15.6 Å². The van der Waals surface area contributed by atoms with E-state index >= 15 is 0 Å². The maximum Gasteiger partial charge on any atom is 0.262 e. The molecular weight excluding hydrogens is 332 g/mol. The maximum absolute atomic E-state index is 13.1. The fraction of sp³-hybridized carbons (Fsp3) is 0.438. The highest BCUT2D eigenvalue weighted by atomic mass is 32.2. The van der Waals surface area contributed by atoms with Gasteiger partial charge in [-0.15, -0.1) is 11.3 Å². The van der Waals surface area contributed by atoms with Crippen molar-refractivity contribution >= 4 is 21.4 Å². The van der Waals surface area contributed by atoms with Gasteiger partial charge in [-0.1, -0.05) is 30.3 Å². The number of rotatable bonds is 3. The van der Waals surface area contributed by atoms with E-state index in [1.807, 2.05) is 51.1 Å². The first kappa shape index (κ1) is 16.6. The smallest absolute Gasteiger partial charge is 0.262 e. The standard InChI is InChI=1S/C16H20N2O3S2/c1-11-9-18(10-12(2)21-11)23(19,20)16-15(22-13(3)17-16)14-7-5-4-6-8-14/h4-8,11-12H,9-10H2,1-3H3/t11-,12+. The van der Waals surface area contributed by atoms with Crippen molar-refractivity contribution in [3.05, 3.63) is 35.3 Å². The molecule has 1 fully saturated rings. The van der Waals surface area contributed by atoms with E-state index in [2.05, 4.69) is 4.98 Å². The number of benzene rings is 1. The highest BCUT2D eigenvalue weighted by molar-refractivity contribution is 7.89. The topological polar surface area (TPSA) is 59.5 Å². The minimum atomic E-state index is -3.63. The molecule has 0 spiro atoms. The molecule has 0 aliphatic carbocycles. The van der Waals surface area contributed by atoms with Gasteiger partial charge in [0, 0.05) is 13.1 Å². The molecule has 0 radical (unpaired) electrons. The average Bonchev–Trinajstić information content (AvgIpc) is 2.90. The van der Waals surface area contributed by atoms with E-state index in [-0.39, 0.29) is 17.2 Å². The van der Waals surface area contributed by atoms with Crippen LogP contribution < -0.4 is 0 Å². The molecule has 3 rings (SSSR count). The number of sulfonamides is 1. The third kappa shape index (κ3) is 3.33. The van der Waals surface area contributed by atoms with Crippen molar-refractivity contribution in [3.8, 4) is 10.4 Å². The van der Waals surface area contributed by atoms with Crippen LogP contribution >= 0.6 is 11.3 Å². The summed E-state index contributed by atoms with van der Waals surface area (Å²) in [6.45, 7) is 6.33. The van der Waals surface area contributed by atoms with E-state index in [0.29, 0.717) is 18.0 Å². The lowest BCUT2D eigenvalue weighted by Gasteiger charge is -2.34. The Morgan fingerprint density at radius 1 is 1.17 bits per heavy atom. The summed E-state index contributed by atoms with van der Waals surface area (Å²) < 4.78 is 33.3. The van der Waals surface area contributed by atoms with E-state index in [1.54, 1.807) is 0 Å². The predicted octanol–water partition coefficient (Wildman–Crippen LogP) is 2.92. The largest absolute Gasteiger partial charge is 0.373 e. The number of ether oxygens (including phenoxy) is 1. The molecule has 124 valence electrons. The van der Waals surface area contributed by atoms with Gasteiger partial charge in [0.1, 0.15) is 0 Å². The number of morpholine rings is 1. The molecule has 1 aromatic carbocycles. The highest BCUT2D eigenvalue weighted by Crippen LogP contribution is 2.35. The minimum absolute atomic E-state index is 0.117. The van der Waals surface area contributed by atoms with Crippen LogP contribution in [0.2, 0.25) is 0 Å². The summed E-state index contributed by atoms with van der Waals surface area (Å²) in [5.74, 6) is 0. The Bertz CT molecular complexity index is 777. The molecule has 0 saturated carbocycles. The second-order valence-electron chi connectivity index (χ2n) is 5.81. The molecule has 1 aliphatic heterocycles. The van der Waals surface area contributed by atoms with Crippen LogP contribution in [0.4, 0.5) is 0 Å². The third-order valence-corrected chi connectivity index (χ3v) is 6.62. The molecule has 2 heterocycles. The van der Waals surface area contributed by atoms with Crippen LogP contribution in [0.5, 0.6) is 0 Å². The van der Waals surface area contributed by atoms with Crippen molar-refractivity contribution in [1.82, 2.24) is 9.29 Å². The quantitative estimate of drug-likeness (QED) is 0.852. The second-order valence-corrected chi connectivity index (χ2v) is 8.87. The van der Waals surface area contributed by atoms with E-state index in [9.17, 15) is 8.42 Å². The lowest BCUT2D eigenvalue weighted by Crippen LogP contribution is -2.48. The van der Waals surface area contributed by atoms with Gasteiger partial charge in [0.05, 0.1) is 22.1 Å². The van der Waals surface area contributed by atoms with Gasteiger partial charge in [-0.2, -0.15) is 4.31 Å². The summed E-state index contributed by atoms with van der Waals surface area (Å²) in [5, 5.41) is 0.907. The minimum Gasteiger partial charge on any atom is -0.373 e. The van der Waals surface area contributed by atoms with Gasteiger partial charge in [-0.05, 0) is 26.3 Å². The van der Waals surface area contributed by atoms with Crippen molar-refractivity contribution < 1.29 is 13.2 Å². The molecule has 7 heteroatoms. The van der Waals surface area contributed by atoms with Gasteiger partial charge < -0.3 is 4.74 Å². The lowest BCUT2D eigenvalue weighted by atomic mass is 10.2. The molecule has 0 N–H and O–H groups in total. The molecule has 0 bridgehead atoms. The average molecular weight is 352 g/mol. The Kier molecular flexibility index (Phi) is 4.55. The van der Waals surface area contributed by atoms with Crippen molar-refractivity contribution in [2.24, 2.45) is 0 Å². The Morgan fingerprint density at radius 2 is 1.78 bits per heavy atom. The van der Waals surface area contributed by atoms with Crippen molar-refractivity contribution in [1.29, 1.82) is 0 Å². The highest BCUT2D eigenvalue weighted by Gasteiger charge is 2.35. The number of aryl methyl sites for hydroxylation is 1. The fourth-order valence-corrected chi connectivity index (χ4v) is 5.78. The molecule has 0 unspecified atom stereocenters. The maximum atomic E-state index is 13.1. The van der Waals surface area contributed by atoms with Gasteiger partial charge >= 0.3 is 0 Å². The molecule has 1 saturated heterocycles. The summed E-state index contributed by atoms with van der Waals surface area (Å²) in [5.41, 5.74) is 0.881. The Morgan fingerprint density at radius 3 is 2.39 bits per heavy atom. The van der Waals surface area contributed by atoms with Crippen LogP contribution in [0.3, 0.4) is 0 Å². The Labute approximate surface area is 141 Å². The first-order chi connectivity index (χ1) is 10.9. The summed E-state index contributed by atoms with van der Waals surface area (Å²) >= 11 is 1.41. The van der Waals surface area contributed by atoms with Crippen LogP contribution in [0, 0.1) is 6.92 Å². The number of thiazole rings is 1.